The van der Waals surface area contributed by atoms with E-state index in [1.807, 2.05) is 24.3 Å². The maximum absolute atomic E-state index is 12.9. The molecule has 1 aromatic heterocycles. The lowest BCUT2D eigenvalue weighted by Gasteiger charge is -2.35. The van der Waals surface area contributed by atoms with Crippen molar-refractivity contribution in [3.63, 3.8) is 0 Å². The van der Waals surface area contributed by atoms with Crippen molar-refractivity contribution in [2.75, 3.05) is 19.7 Å². The molecule has 0 unspecified atom stereocenters. The summed E-state index contributed by atoms with van der Waals surface area (Å²) in [6.07, 6.45) is 0.159. The average Bonchev–Trinajstić information content (AvgIpc) is 3.18. The molecular weight excluding hydrogens is 336 g/mol. The number of aryl methyl sites for hydroxylation is 2. The first kappa shape index (κ1) is 16.6. The number of nitrogens with zero attached hydrogens (tertiary/aromatic N) is 2. The van der Waals surface area contributed by atoms with Gasteiger partial charge in [0.1, 0.15) is 23.5 Å². The van der Waals surface area contributed by atoms with Gasteiger partial charge in [0.15, 0.2) is 0 Å². The van der Waals surface area contributed by atoms with Crippen molar-refractivity contribution in [3.05, 3.63) is 46.8 Å². The number of para-hydroxylation sites is 1. The second-order valence-electron chi connectivity index (χ2n) is 7.09. The van der Waals surface area contributed by atoms with Gasteiger partial charge in [-0.1, -0.05) is 23.4 Å². The van der Waals surface area contributed by atoms with Crippen LogP contribution in [0.2, 0.25) is 0 Å². The van der Waals surface area contributed by atoms with Crippen LogP contribution in [-0.2, 0) is 16.0 Å². The zero-order valence-corrected chi connectivity index (χ0v) is 14.7. The largest absolute Gasteiger partial charge is 0.492 e. The Bertz CT molecular complexity index is 870. The zero-order valence-electron chi connectivity index (χ0n) is 14.7. The van der Waals surface area contributed by atoms with Gasteiger partial charge in [-0.2, -0.15) is 0 Å². The van der Waals surface area contributed by atoms with E-state index in [9.17, 15) is 14.7 Å². The lowest BCUT2D eigenvalue weighted by atomic mass is 9.73. The maximum Gasteiger partial charge on any atom is 0.315 e. The monoisotopic (exact) mass is 356 g/mol. The number of aliphatic carboxylic acids is 1. The van der Waals surface area contributed by atoms with Gasteiger partial charge in [-0.15, -0.1) is 0 Å². The fourth-order valence-corrected chi connectivity index (χ4v) is 4.04. The molecule has 2 atom stereocenters. The quantitative estimate of drug-likeness (QED) is 0.903. The van der Waals surface area contributed by atoms with E-state index in [1.165, 1.54) is 0 Å². The molecule has 1 saturated heterocycles. The Kier molecular flexibility index (Phi) is 3.75. The van der Waals surface area contributed by atoms with E-state index in [2.05, 4.69) is 5.16 Å². The molecule has 26 heavy (non-hydrogen) atoms. The first-order valence-corrected chi connectivity index (χ1v) is 8.57. The molecule has 3 heterocycles. The number of carboxylic acid groups (broad SMARTS) is 1. The van der Waals surface area contributed by atoms with Crippen LogP contribution in [0.25, 0.3) is 0 Å². The van der Waals surface area contributed by atoms with Crippen molar-refractivity contribution in [2.24, 2.45) is 5.41 Å². The van der Waals surface area contributed by atoms with E-state index in [0.717, 1.165) is 11.1 Å². The highest BCUT2D eigenvalue weighted by Crippen LogP contribution is 2.49. The van der Waals surface area contributed by atoms with Crippen LogP contribution in [-0.4, -0.2) is 46.7 Å². The van der Waals surface area contributed by atoms with E-state index in [0.29, 0.717) is 23.7 Å². The fourth-order valence-electron chi connectivity index (χ4n) is 4.04. The Labute approximate surface area is 150 Å². The fraction of sp³-hybridized carbons (Fsp3) is 0.421. The molecule has 0 saturated carbocycles. The summed E-state index contributed by atoms with van der Waals surface area (Å²) in [6.45, 7) is 4.15. The van der Waals surface area contributed by atoms with Crippen LogP contribution >= 0.6 is 0 Å². The standard InChI is InChI=1S/C19H20N2O5/c1-11-14(12(2)26-20-11)7-17(22)21-8-15-13-5-3-4-6-16(13)25-10-19(15,9-21)18(23)24/h3-6,15H,7-10H2,1-2H3,(H,23,24)/t15-,19-/m1/s1. The summed E-state index contributed by atoms with van der Waals surface area (Å²) in [5.41, 5.74) is 1.21. The molecule has 0 spiro atoms. The summed E-state index contributed by atoms with van der Waals surface area (Å²) in [5, 5.41) is 13.8. The lowest BCUT2D eigenvalue weighted by molar-refractivity contribution is -0.152. The number of fused-ring (bicyclic) bond motifs is 3. The second kappa shape index (κ2) is 5.86. The maximum atomic E-state index is 12.9. The molecule has 1 amide bonds. The molecule has 2 aliphatic heterocycles. The number of ether oxygens (including phenoxy) is 1. The third-order valence-corrected chi connectivity index (χ3v) is 5.61. The topological polar surface area (TPSA) is 92.9 Å². The molecule has 2 aliphatic rings. The predicted octanol–water partition coefficient (Wildman–Crippen LogP) is 1.92. The molecule has 0 aliphatic carbocycles. The van der Waals surface area contributed by atoms with Crippen LogP contribution in [0, 0.1) is 19.3 Å². The summed E-state index contributed by atoms with van der Waals surface area (Å²) < 4.78 is 10.9. The van der Waals surface area contributed by atoms with Crippen molar-refractivity contribution >= 4 is 11.9 Å². The van der Waals surface area contributed by atoms with Gasteiger partial charge < -0.3 is 19.3 Å². The molecule has 2 aromatic rings. The minimum Gasteiger partial charge on any atom is -0.492 e. The van der Waals surface area contributed by atoms with E-state index in [4.69, 9.17) is 9.26 Å². The number of carbonyl (C=O) groups is 2. The molecule has 0 radical (unpaired) electrons. The van der Waals surface area contributed by atoms with Crippen LogP contribution in [0.3, 0.4) is 0 Å². The summed E-state index contributed by atoms with van der Waals surface area (Å²) in [7, 11) is 0. The van der Waals surface area contributed by atoms with Crippen molar-refractivity contribution in [3.8, 4) is 5.75 Å². The number of rotatable bonds is 3. The van der Waals surface area contributed by atoms with Gasteiger partial charge in [-0.05, 0) is 19.9 Å². The highest BCUT2D eigenvalue weighted by atomic mass is 16.5. The van der Waals surface area contributed by atoms with E-state index in [1.54, 1.807) is 18.7 Å². The molecule has 1 N–H and O–H groups in total. The normalized spacial score (nSPS) is 23.9. The molecule has 0 bridgehead atoms. The van der Waals surface area contributed by atoms with Crippen LogP contribution in [0.5, 0.6) is 5.75 Å². The average molecular weight is 356 g/mol. The summed E-state index contributed by atoms with van der Waals surface area (Å²) in [6, 6.07) is 7.46. The summed E-state index contributed by atoms with van der Waals surface area (Å²) >= 11 is 0. The minimum atomic E-state index is -1.11. The Morgan fingerprint density at radius 1 is 1.35 bits per heavy atom. The molecular formula is C19H20N2O5. The van der Waals surface area contributed by atoms with Gasteiger partial charge in [0.2, 0.25) is 5.91 Å². The number of carbonyl (C=O) groups excluding carboxylic acids is 1. The van der Waals surface area contributed by atoms with E-state index in [-0.39, 0.29) is 31.4 Å². The lowest BCUT2D eigenvalue weighted by Crippen LogP contribution is -2.46. The SMILES string of the molecule is Cc1noc(C)c1CC(=O)N1C[C@@H]2c3ccccc3OC[C@]2(C(=O)O)C1. The summed E-state index contributed by atoms with van der Waals surface area (Å²) in [5.74, 6) is -0.00129. The highest BCUT2D eigenvalue weighted by molar-refractivity contribution is 5.84. The first-order chi connectivity index (χ1) is 12.4. The number of aromatic nitrogens is 1. The number of hydrogen-bond acceptors (Lipinski definition) is 5. The van der Waals surface area contributed by atoms with Gasteiger partial charge in [0.05, 0.1) is 12.1 Å². The Balaban J connectivity index is 1.64. The second-order valence-corrected chi connectivity index (χ2v) is 7.09. The third kappa shape index (κ3) is 2.38. The molecule has 136 valence electrons. The number of amides is 1. The van der Waals surface area contributed by atoms with Crippen LogP contribution < -0.4 is 4.74 Å². The molecule has 1 aromatic carbocycles. The zero-order chi connectivity index (χ0) is 18.5. The van der Waals surface area contributed by atoms with Crippen LogP contribution in [0.15, 0.2) is 28.8 Å². The van der Waals surface area contributed by atoms with Crippen LogP contribution in [0.4, 0.5) is 0 Å². The van der Waals surface area contributed by atoms with Gasteiger partial charge in [-0.25, -0.2) is 0 Å². The van der Waals surface area contributed by atoms with Gasteiger partial charge in [0.25, 0.3) is 0 Å². The summed E-state index contributed by atoms with van der Waals surface area (Å²) in [4.78, 5) is 26.6. The van der Waals surface area contributed by atoms with Crippen molar-refractivity contribution in [1.29, 1.82) is 0 Å². The van der Waals surface area contributed by atoms with E-state index >= 15 is 0 Å². The minimum absolute atomic E-state index is 0.0686. The number of benzene rings is 1. The number of hydrogen-bond donors (Lipinski definition) is 1. The first-order valence-electron chi connectivity index (χ1n) is 8.57. The number of carboxylic acids is 1. The third-order valence-electron chi connectivity index (χ3n) is 5.61. The van der Waals surface area contributed by atoms with Gasteiger partial charge in [0, 0.05) is 30.1 Å². The van der Waals surface area contributed by atoms with Gasteiger partial charge >= 0.3 is 5.97 Å². The molecule has 4 rings (SSSR count). The predicted molar refractivity (Wildman–Crippen MR) is 91.0 cm³/mol. The van der Waals surface area contributed by atoms with Crippen LogP contribution in [0.1, 0.15) is 28.5 Å². The molecule has 7 nitrogen and oxygen atoms in total. The van der Waals surface area contributed by atoms with Crippen molar-refractivity contribution < 1.29 is 24.0 Å². The molecule has 7 heteroatoms. The Morgan fingerprint density at radius 3 is 2.81 bits per heavy atom. The number of likely N-dealkylation sites (tertiary alicyclic amines) is 1. The Hall–Kier alpha value is -2.83. The highest BCUT2D eigenvalue weighted by Gasteiger charge is 2.57. The van der Waals surface area contributed by atoms with E-state index < -0.39 is 11.4 Å². The van der Waals surface area contributed by atoms with Crippen molar-refractivity contribution in [2.45, 2.75) is 26.2 Å². The molecule has 1 fully saturated rings. The van der Waals surface area contributed by atoms with Crippen molar-refractivity contribution in [1.82, 2.24) is 10.1 Å². The Morgan fingerprint density at radius 2 is 2.12 bits per heavy atom. The van der Waals surface area contributed by atoms with Gasteiger partial charge in [-0.3, -0.25) is 9.59 Å². The smallest absolute Gasteiger partial charge is 0.315 e.